The number of morpholine rings is 1. The lowest BCUT2D eigenvalue weighted by Gasteiger charge is -2.41. The van der Waals surface area contributed by atoms with Gasteiger partial charge in [0.2, 0.25) is 0 Å². The van der Waals surface area contributed by atoms with Gasteiger partial charge < -0.3 is 9.64 Å². The fourth-order valence-electron chi connectivity index (χ4n) is 5.47. The van der Waals surface area contributed by atoms with Gasteiger partial charge in [-0.05, 0) is 68.7 Å². The van der Waals surface area contributed by atoms with E-state index < -0.39 is 0 Å². The lowest BCUT2D eigenvalue weighted by molar-refractivity contribution is -0.0373. The number of ether oxygens (including phenoxy) is 1. The summed E-state index contributed by atoms with van der Waals surface area (Å²) in [5.74, 6) is 1.12. The molecule has 1 fully saturated rings. The molecule has 1 amide bonds. The quantitative estimate of drug-likeness (QED) is 0.500. The van der Waals surface area contributed by atoms with Gasteiger partial charge >= 0.3 is 0 Å². The number of unbranched alkanes of at least 4 members (excludes halogenated alkanes) is 2. The van der Waals surface area contributed by atoms with Crippen LogP contribution in [0.25, 0.3) is 5.69 Å². The van der Waals surface area contributed by atoms with Crippen molar-refractivity contribution in [1.29, 1.82) is 0 Å². The molecule has 0 saturated carbocycles. The number of benzene rings is 1. The van der Waals surface area contributed by atoms with Gasteiger partial charge in [-0.2, -0.15) is 0 Å². The highest BCUT2D eigenvalue weighted by Crippen LogP contribution is 2.34. The third-order valence-electron chi connectivity index (χ3n) is 7.31. The van der Waals surface area contributed by atoms with Gasteiger partial charge in [0.1, 0.15) is 11.5 Å². The molecule has 1 saturated heterocycles. The lowest BCUT2D eigenvalue weighted by Crippen LogP contribution is -2.55. The van der Waals surface area contributed by atoms with Crippen molar-refractivity contribution in [2.75, 3.05) is 19.8 Å². The second-order valence-electron chi connectivity index (χ2n) is 10.3. The van der Waals surface area contributed by atoms with Crippen LogP contribution in [0.15, 0.2) is 12.1 Å². The van der Waals surface area contributed by atoms with E-state index in [1.165, 1.54) is 35.2 Å². The Morgan fingerprint density at radius 3 is 2.58 bits per heavy atom. The second kappa shape index (κ2) is 10.0. The van der Waals surface area contributed by atoms with Crippen LogP contribution in [0.1, 0.15) is 99.0 Å². The number of carbonyl (C=O) groups is 1. The summed E-state index contributed by atoms with van der Waals surface area (Å²) in [5, 5.41) is 0. The maximum atomic E-state index is 13.8. The molecular weight excluding hydrogens is 410 g/mol. The van der Waals surface area contributed by atoms with Crippen molar-refractivity contribution in [1.82, 2.24) is 14.5 Å². The van der Waals surface area contributed by atoms with Crippen LogP contribution in [0, 0.1) is 0 Å². The normalized spacial score (nSPS) is 17.1. The Bertz CT molecular complexity index is 1010. The zero-order valence-corrected chi connectivity index (χ0v) is 21.3. The van der Waals surface area contributed by atoms with Gasteiger partial charge in [-0.25, -0.2) is 4.98 Å². The predicted octanol–water partition coefficient (Wildman–Crippen LogP) is 5.47. The highest BCUT2D eigenvalue weighted by atomic mass is 16.5. The van der Waals surface area contributed by atoms with E-state index in [1.54, 1.807) is 0 Å². The molecule has 2 aliphatic rings. The SMILES string of the molecule is CCCCCc1nc(C(=O)N2CCOCC2(C)C)c2n1-c1cc(CCC)c(CC)cc1CC2. The monoisotopic (exact) mass is 451 g/mol. The largest absolute Gasteiger partial charge is 0.377 e. The van der Waals surface area contributed by atoms with Crippen LogP contribution in [0.4, 0.5) is 0 Å². The van der Waals surface area contributed by atoms with Crippen molar-refractivity contribution in [2.24, 2.45) is 0 Å². The standard InChI is InChI=1S/C28H41N3O2/c1-6-9-10-12-25-29-26(27(32)30-15-16-33-19-28(30,4)5)23-14-13-22-17-20(8-3)21(11-7-2)18-24(22)31(23)25/h17-18H,6-16,19H2,1-5H3. The van der Waals surface area contributed by atoms with E-state index in [2.05, 4.69) is 51.3 Å². The molecule has 33 heavy (non-hydrogen) atoms. The summed E-state index contributed by atoms with van der Waals surface area (Å²) in [4.78, 5) is 20.8. The molecule has 3 heterocycles. The third-order valence-corrected chi connectivity index (χ3v) is 7.31. The first-order chi connectivity index (χ1) is 15.9. The van der Waals surface area contributed by atoms with E-state index >= 15 is 0 Å². The molecule has 180 valence electrons. The van der Waals surface area contributed by atoms with Crippen LogP contribution >= 0.6 is 0 Å². The molecule has 0 N–H and O–H groups in total. The molecular formula is C28H41N3O2. The molecule has 1 aromatic carbocycles. The Labute approximate surface area is 199 Å². The van der Waals surface area contributed by atoms with Gasteiger partial charge in [-0.15, -0.1) is 0 Å². The molecule has 0 unspecified atom stereocenters. The fourth-order valence-corrected chi connectivity index (χ4v) is 5.47. The van der Waals surface area contributed by atoms with E-state index in [9.17, 15) is 4.79 Å². The lowest BCUT2D eigenvalue weighted by atomic mass is 9.92. The van der Waals surface area contributed by atoms with Crippen molar-refractivity contribution in [3.63, 3.8) is 0 Å². The minimum atomic E-state index is -0.314. The average molecular weight is 452 g/mol. The van der Waals surface area contributed by atoms with Gasteiger partial charge in [0.05, 0.1) is 30.1 Å². The molecule has 0 spiro atoms. The maximum absolute atomic E-state index is 13.8. The van der Waals surface area contributed by atoms with E-state index in [0.717, 1.165) is 56.5 Å². The number of hydrogen-bond acceptors (Lipinski definition) is 3. The molecule has 5 nitrogen and oxygen atoms in total. The number of nitrogens with zero attached hydrogens (tertiary/aromatic N) is 3. The van der Waals surface area contributed by atoms with Crippen LogP contribution in [0.5, 0.6) is 0 Å². The Morgan fingerprint density at radius 2 is 1.88 bits per heavy atom. The molecule has 0 atom stereocenters. The van der Waals surface area contributed by atoms with E-state index in [-0.39, 0.29) is 11.4 Å². The molecule has 1 aromatic heterocycles. The first kappa shape index (κ1) is 24.0. The zero-order valence-electron chi connectivity index (χ0n) is 21.3. The molecule has 4 rings (SSSR count). The maximum Gasteiger partial charge on any atom is 0.274 e. The minimum Gasteiger partial charge on any atom is -0.377 e. The number of aryl methyl sites for hydroxylation is 4. The third kappa shape index (κ3) is 4.62. The highest BCUT2D eigenvalue weighted by Gasteiger charge is 2.38. The first-order valence-electron chi connectivity index (χ1n) is 13.1. The van der Waals surface area contributed by atoms with Crippen LogP contribution in [0.2, 0.25) is 0 Å². The van der Waals surface area contributed by atoms with Crippen molar-refractivity contribution < 1.29 is 9.53 Å². The Hall–Kier alpha value is -2.14. The summed E-state index contributed by atoms with van der Waals surface area (Å²) in [6.07, 6.45) is 9.53. The summed E-state index contributed by atoms with van der Waals surface area (Å²) in [6, 6.07) is 4.82. The summed E-state index contributed by atoms with van der Waals surface area (Å²) in [7, 11) is 0. The number of hydrogen-bond donors (Lipinski definition) is 0. The zero-order chi connectivity index (χ0) is 23.6. The fraction of sp³-hybridized carbons (Fsp3) is 0.643. The summed E-state index contributed by atoms with van der Waals surface area (Å²) in [6.45, 7) is 12.7. The molecule has 2 aliphatic heterocycles. The smallest absolute Gasteiger partial charge is 0.274 e. The molecule has 0 bridgehead atoms. The number of carbonyl (C=O) groups excluding carboxylic acids is 1. The predicted molar refractivity (Wildman–Crippen MR) is 134 cm³/mol. The van der Waals surface area contributed by atoms with Gasteiger partial charge in [-0.1, -0.05) is 46.1 Å². The minimum absolute atomic E-state index is 0.0659. The molecule has 0 aliphatic carbocycles. The first-order valence-corrected chi connectivity index (χ1v) is 13.1. The van der Waals surface area contributed by atoms with Crippen LogP contribution in [0.3, 0.4) is 0 Å². The average Bonchev–Trinajstić information content (AvgIpc) is 3.17. The second-order valence-corrected chi connectivity index (χ2v) is 10.3. The number of amides is 1. The van der Waals surface area contributed by atoms with Gasteiger partial charge in [0.25, 0.3) is 5.91 Å². The van der Waals surface area contributed by atoms with Crippen molar-refractivity contribution >= 4 is 5.91 Å². The number of aromatic nitrogens is 2. The van der Waals surface area contributed by atoms with E-state index in [1.807, 2.05) is 4.90 Å². The van der Waals surface area contributed by atoms with Gasteiger partial charge in [0, 0.05) is 13.0 Å². The number of imidazole rings is 1. The van der Waals surface area contributed by atoms with E-state index in [4.69, 9.17) is 9.72 Å². The van der Waals surface area contributed by atoms with Gasteiger partial charge in [0.15, 0.2) is 0 Å². The Kier molecular flexibility index (Phi) is 7.28. The Morgan fingerprint density at radius 1 is 1.06 bits per heavy atom. The molecule has 2 aromatic rings. The topological polar surface area (TPSA) is 47.4 Å². The van der Waals surface area contributed by atoms with Crippen molar-refractivity contribution in [3.05, 3.63) is 46.0 Å². The van der Waals surface area contributed by atoms with Crippen LogP contribution in [-0.4, -0.2) is 45.7 Å². The summed E-state index contributed by atoms with van der Waals surface area (Å²) < 4.78 is 8.02. The highest BCUT2D eigenvalue weighted by molar-refractivity contribution is 5.94. The van der Waals surface area contributed by atoms with E-state index in [0.29, 0.717) is 25.5 Å². The van der Waals surface area contributed by atoms with Crippen LogP contribution < -0.4 is 0 Å². The summed E-state index contributed by atoms with van der Waals surface area (Å²) in [5.41, 5.74) is 7.03. The Balaban J connectivity index is 1.81. The van der Waals surface area contributed by atoms with Crippen molar-refractivity contribution in [2.45, 2.75) is 97.9 Å². The number of rotatable bonds is 8. The molecule has 5 heteroatoms. The number of fused-ring (bicyclic) bond motifs is 3. The van der Waals surface area contributed by atoms with Crippen molar-refractivity contribution in [3.8, 4) is 5.69 Å². The van der Waals surface area contributed by atoms with Gasteiger partial charge in [-0.3, -0.25) is 9.36 Å². The summed E-state index contributed by atoms with van der Waals surface area (Å²) >= 11 is 0. The van der Waals surface area contributed by atoms with Crippen LogP contribution in [-0.2, 0) is 36.8 Å². The molecule has 0 radical (unpaired) electrons.